The fraction of sp³-hybridized carbons (Fsp3) is 0.409. The van der Waals surface area contributed by atoms with Gasteiger partial charge in [0.25, 0.3) is 0 Å². The Kier molecular flexibility index (Phi) is 6.59. The van der Waals surface area contributed by atoms with Crippen molar-refractivity contribution in [2.45, 2.75) is 31.1 Å². The van der Waals surface area contributed by atoms with Crippen LogP contribution in [0.25, 0.3) is 0 Å². The normalized spacial score (nSPS) is 16.4. The fourth-order valence-corrected chi connectivity index (χ4v) is 5.02. The number of carbonyl (C=O) groups excluding carboxylic acids is 1. The first-order chi connectivity index (χ1) is 14.2. The maximum absolute atomic E-state index is 14.2. The predicted molar refractivity (Wildman–Crippen MR) is 115 cm³/mol. The van der Waals surface area contributed by atoms with Gasteiger partial charge in [0.15, 0.2) is 0 Å². The molecule has 162 valence electrons. The minimum absolute atomic E-state index is 0.133. The van der Waals surface area contributed by atoms with Crippen LogP contribution >= 0.6 is 0 Å². The molecule has 1 amide bonds. The van der Waals surface area contributed by atoms with E-state index in [4.69, 9.17) is 0 Å². The van der Waals surface area contributed by atoms with E-state index in [2.05, 4.69) is 17.1 Å². The minimum atomic E-state index is -3.65. The van der Waals surface area contributed by atoms with Crippen molar-refractivity contribution in [3.63, 3.8) is 0 Å². The van der Waals surface area contributed by atoms with Crippen LogP contribution in [0.2, 0.25) is 0 Å². The molecular weight excluding hydrogens is 405 g/mol. The number of anilines is 1. The van der Waals surface area contributed by atoms with Gasteiger partial charge in [-0.2, -0.15) is 4.31 Å². The van der Waals surface area contributed by atoms with Gasteiger partial charge in [-0.3, -0.25) is 4.79 Å². The lowest BCUT2D eigenvalue weighted by molar-refractivity contribution is -0.120. The molecule has 0 saturated carbocycles. The third kappa shape index (κ3) is 4.55. The summed E-state index contributed by atoms with van der Waals surface area (Å²) in [6.07, 6.45) is 0. The van der Waals surface area contributed by atoms with E-state index in [-0.39, 0.29) is 10.5 Å². The number of benzene rings is 2. The first kappa shape index (κ1) is 22.4. The van der Waals surface area contributed by atoms with Gasteiger partial charge in [-0.05, 0) is 44.7 Å². The van der Waals surface area contributed by atoms with E-state index in [9.17, 15) is 17.6 Å². The van der Waals surface area contributed by atoms with Gasteiger partial charge in [0, 0.05) is 37.4 Å². The van der Waals surface area contributed by atoms with Gasteiger partial charge in [0.1, 0.15) is 5.82 Å². The molecule has 0 atom stereocenters. The maximum Gasteiger partial charge on any atom is 0.243 e. The van der Waals surface area contributed by atoms with Crippen molar-refractivity contribution in [3.8, 4) is 0 Å². The lowest BCUT2D eigenvalue weighted by atomic mass is 9.83. The topological polar surface area (TPSA) is 69.7 Å². The van der Waals surface area contributed by atoms with E-state index in [0.29, 0.717) is 31.9 Å². The molecule has 0 aliphatic carbocycles. The Labute approximate surface area is 177 Å². The number of likely N-dealkylation sites (N-methyl/N-ethyl adjacent to an activating group) is 1. The third-order valence-electron chi connectivity index (χ3n) is 5.62. The third-order valence-corrected chi connectivity index (χ3v) is 7.52. The molecule has 1 aliphatic heterocycles. The molecule has 2 aromatic rings. The highest BCUT2D eigenvalue weighted by Crippen LogP contribution is 2.28. The van der Waals surface area contributed by atoms with Crippen LogP contribution in [0, 0.1) is 5.82 Å². The van der Waals surface area contributed by atoms with Crippen LogP contribution in [0.15, 0.2) is 53.4 Å². The van der Waals surface area contributed by atoms with Gasteiger partial charge in [-0.25, -0.2) is 12.8 Å². The van der Waals surface area contributed by atoms with Crippen molar-refractivity contribution >= 4 is 21.6 Å². The number of nitrogens with one attached hydrogen (secondary N) is 1. The number of piperazine rings is 1. The molecule has 8 heteroatoms. The van der Waals surface area contributed by atoms with E-state index in [1.54, 1.807) is 44.2 Å². The average Bonchev–Trinajstić information content (AvgIpc) is 2.74. The first-order valence-electron chi connectivity index (χ1n) is 10.1. The molecule has 1 N–H and O–H groups in total. The maximum atomic E-state index is 14.2. The van der Waals surface area contributed by atoms with Crippen LogP contribution in [-0.2, 0) is 20.2 Å². The first-order valence-corrected chi connectivity index (χ1v) is 11.5. The zero-order valence-electron chi connectivity index (χ0n) is 17.6. The highest BCUT2D eigenvalue weighted by atomic mass is 32.2. The van der Waals surface area contributed by atoms with Crippen molar-refractivity contribution in [2.24, 2.45) is 0 Å². The molecule has 0 bridgehead atoms. The van der Waals surface area contributed by atoms with Crippen LogP contribution in [0.4, 0.5) is 10.1 Å². The molecule has 2 aromatic carbocycles. The van der Waals surface area contributed by atoms with Crippen molar-refractivity contribution in [1.82, 2.24) is 9.21 Å². The number of rotatable bonds is 6. The Morgan fingerprint density at radius 2 is 1.73 bits per heavy atom. The smallest absolute Gasteiger partial charge is 0.243 e. The molecule has 1 fully saturated rings. The summed E-state index contributed by atoms with van der Waals surface area (Å²) in [5, 5.41) is 2.74. The summed E-state index contributed by atoms with van der Waals surface area (Å²) in [5.74, 6) is -0.876. The summed E-state index contributed by atoms with van der Waals surface area (Å²) in [6.45, 7) is 8.49. The molecule has 0 aromatic heterocycles. The van der Waals surface area contributed by atoms with E-state index in [1.807, 2.05) is 0 Å². The molecule has 3 rings (SSSR count). The lowest BCUT2D eigenvalue weighted by Crippen LogP contribution is -2.48. The van der Waals surface area contributed by atoms with E-state index in [0.717, 1.165) is 6.54 Å². The Bertz CT molecular complexity index is 1020. The van der Waals surface area contributed by atoms with Crippen LogP contribution < -0.4 is 5.32 Å². The summed E-state index contributed by atoms with van der Waals surface area (Å²) >= 11 is 0. The molecule has 30 heavy (non-hydrogen) atoms. The van der Waals surface area contributed by atoms with E-state index < -0.39 is 27.2 Å². The average molecular weight is 434 g/mol. The van der Waals surface area contributed by atoms with Gasteiger partial charge in [-0.1, -0.05) is 31.2 Å². The highest BCUT2D eigenvalue weighted by molar-refractivity contribution is 7.89. The molecule has 1 aliphatic rings. The number of amides is 1. The molecule has 1 heterocycles. The van der Waals surface area contributed by atoms with E-state index in [1.165, 1.54) is 22.5 Å². The molecule has 0 radical (unpaired) electrons. The zero-order valence-corrected chi connectivity index (χ0v) is 18.4. The molecule has 6 nitrogen and oxygen atoms in total. The van der Waals surface area contributed by atoms with Gasteiger partial charge < -0.3 is 10.2 Å². The second-order valence-corrected chi connectivity index (χ2v) is 9.86. The summed E-state index contributed by atoms with van der Waals surface area (Å²) < 4.78 is 41.7. The highest BCUT2D eigenvalue weighted by Gasteiger charge is 2.33. The summed E-state index contributed by atoms with van der Waals surface area (Å²) in [7, 11) is -3.65. The number of carbonyl (C=O) groups is 1. The van der Waals surface area contributed by atoms with Crippen LogP contribution in [-0.4, -0.2) is 56.3 Å². The standard InChI is InChI=1S/C22H28FN3O3S/c1-4-25-12-14-26(15-13-25)30(28,29)18-9-7-8-17(16-18)24-21(27)22(2,3)19-10-5-6-11-20(19)23/h5-11,16H,4,12-15H2,1-3H3,(H,24,27). The van der Waals surface area contributed by atoms with Gasteiger partial charge in [-0.15, -0.1) is 0 Å². The number of hydrogen-bond donors (Lipinski definition) is 1. The molecule has 0 spiro atoms. The van der Waals surface area contributed by atoms with Crippen molar-refractivity contribution in [3.05, 3.63) is 59.9 Å². The van der Waals surface area contributed by atoms with Crippen LogP contribution in [0.1, 0.15) is 26.3 Å². The SMILES string of the molecule is CCN1CCN(S(=O)(=O)c2cccc(NC(=O)C(C)(C)c3ccccc3F)c2)CC1. The second kappa shape index (κ2) is 8.83. The van der Waals surface area contributed by atoms with Gasteiger partial charge in [0.05, 0.1) is 10.3 Å². The molecule has 1 saturated heterocycles. The number of sulfonamides is 1. The van der Waals surface area contributed by atoms with E-state index >= 15 is 0 Å². The van der Waals surface area contributed by atoms with Crippen LogP contribution in [0.5, 0.6) is 0 Å². The zero-order chi connectivity index (χ0) is 21.9. The number of halogens is 1. The van der Waals surface area contributed by atoms with Gasteiger partial charge in [0.2, 0.25) is 15.9 Å². The quantitative estimate of drug-likeness (QED) is 0.760. The van der Waals surface area contributed by atoms with Crippen molar-refractivity contribution in [2.75, 3.05) is 38.0 Å². The Balaban J connectivity index is 1.79. The Morgan fingerprint density at radius 3 is 2.37 bits per heavy atom. The largest absolute Gasteiger partial charge is 0.325 e. The fourth-order valence-electron chi connectivity index (χ4n) is 3.55. The number of nitrogens with zero attached hydrogens (tertiary/aromatic N) is 2. The van der Waals surface area contributed by atoms with Crippen LogP contribution in [0.3, 0.4) is 0 Å². The summed E-state index contributed by atoms with van der Waals surface area (Å²) in [4.78, 5) is 15.2. The van der Waals surface area contributed by atoms with Gasteiger partial charge >= 0.3 is 0 Å². The Hall–Kier alpha value is -2.29. The molecular formula is C22H28FN3O3S. The predicted octanol–water partition coefficient (Wildman–Crippen LogP) is 3.07. The monoisotopic (exact) mass is 433 g/mol. The van der Waals surface area contributed by atoms with Crippen molar-refractivity contribution < 1.29 is 17.6 Å². The van der Waals surface area contributed by atoms with Crippen molar-refractivity contribution in [1.29, 1.82) is 0 Å². The molecule has 0 unspecified atom stereocenters. The lowest BCUT2D eigenvalue weighted by Gasteiger charge is -2.33. The Morgan fingerprint density at radius 1 is 1.07 bits per heavy atom. The summed E-state index contributed by atoms with van der Waals surface area (Å²) in [6, 6.07) is 12.3. The number of hydrogen-bond acceptors (Lipinski definition) is 4. The summed E-state index contributed by atoms with van der Waals surface area (Å²) in [5.41, 5.74) is -0.491. The second-order valence-electron chi connectivity index (χ2n) is 7.93. The minimum Gasteiger partial charge on any atom is -0.325 e.